The van der Waals surface area contributed by atoms with Gasteiger partial charge in [-0.1, -0.05) is 19.9 Å². The van der Waals surface area contributed by atoms with E-state index in [1.165, 1.54) is 18.5 Å². The van der Waals surface area contributed by atoms with Gasteiger partial charge in [0.25, 0.3) is 0 Å². The fourth-order valence-corrected chi connectivity index (χ4v) is 1.73. The number of carbonyl (C=O) groups is 1. The van der Waals surface area contributed by atoms with Gasteiger partial charge in [-0.05, 0) is 12.0 Å². The van der Waals surface area contributed by atoms with E-state index in [1.807, 2.05) is 13.8 Å². The number of ketones is 1. The van der Waals surface area contributed by atoms with E-state index in [9.17, 15) is 4.79 Å². The molecule has 0 saturated heterocycles. The maximum atomic E-state index is 12.0. The Bertz CT molecular complexity index is 632. The van der Waals surface area contributed by atoms with Crippen LogP contribution in [0.4, 0.5) is 0 Å². The van der Waals surface area contributed by atoms with Gasteiger partial charge < -0.3 is 14.8 Å². The normalized spacial score (nSPS) is 11.6. The molecular formula is C14H17N3O3. The van der Waals surface area contributed by atoms with Crippen LogP contribution >= 0.6 is 0 Å². The average molecular weight is 275 g/mol. The number of rotatable bonds is 6. The fraction of sp³-hybridized carbons (Fsp3) is 0.357. The molecule has 0 aliphatic heterocycles. The van der Waals surface area contributed by atoms with Gasteiger partial charge in [-0.3, -0.25) is 4.79 Å². The highest BCUT2D eigenvalue weighted by atomic mass is 16.5. The molecule has 2 rings (SSSR count). The number of aromatic nitrogens is 3. The molecule has 106 valence electrons. The number of hydrogen-bond acceptors (Lipinski definition) is 5. The summed E-state index contributed by atoms with van der Waals surface area (Å²) >= 11 is 0. The summed E-state index contributed by atoms with van der Waals surface area (Å²) in [5, 5.41) is 9.30. The summed E-state index contributed by atoms with van der Waals surface area (Å²) in [6.07, 6.45) is 5.68. The highest BCUT2D eigenvalue weighted by Crippen LogP contribution is 2.26. The third kappa shape index (κ3) is 3.03. The van der Waals surface area contributed by atoms with Gasteiger partial charge in [-0.2, -0.15) is 0 Å². The number of aromatic amines is 1. The van der Waals surface area contributed by atoms with E-state index in [2.05, 4.69) is 15.0 Å². The molecule has 20 heavy (non-hydrogen) atoms. The summed E-state index contributed by atoms with van der Waals surface area (Å²) < 4.78 is 5.64. The monoisotopic (exact) mass is 275 g/mol. The van der Waals surface area contributed by atoms with E-state index >= 15 is 0 Å². The van der Waals surface area contributed by atoms with E-state index in [1.54, 1.807) is 6.20 Å². The van der Waals surface area contributed by atoms with Crippen LogP contribution in [0.15, 0.2) is 24.7 Å². The molecule has 0 atom stereocenters. The third-order valence-electron chi connectivity index (χ3n) is 2.63. The molecule has 0 unspecified atom stereocenters. The lowest BCUT2D eigenvalue weighted by atomic mass is 10.1. The summed E-state index contributed by atoms with van der Waals surface area (Å²) in [7, 11) is 0. The van der Waals surface area contributed by atoms with Gasteiger partial charge in [0.1, 0.15) is 12.0 Å². The van der Waals surface area contributed by atoms with E-state index < -0.39 is 0 Å². The molecule has 0 aromatic carbocycles. The van der Waals surface area contributed by atoms with Crippen molar-refractivity contribution in [3.63, 3.8) is 0 Å². The standard InChI is InChI=1S/C14H17N3O3/c1-9(2)7-20-14-12-10(11(19)4-3-5-18)6-15-13(12)16-8-17-14/h3-4,6,8-9,18H,5,7H2,1-2H3,(H,15,16,17). The number of aliphatic hydroxyl groups excluding tert-OH is 1. The number of ether oxygens (including phenoxy) is 1. The lowest BCUT2D eigenvalue weighted by Gasteiger charge is -2.08. The molecule has 2 N–H and O–H groups in total. The summed E-state index contributed by atoms with van der Waals surface area (Å²) in [4.78, 5) is 23.1. The second kappa shape index (κ2) is 6.29. The van der Waals surface area contributed by atoms with Gasteiger partial charge in [-0.15, -0.1) is 0 Å². The minimum absolute atomic E-state index is 0.179. The van der Waals surface area contributed by atoms with Crippen molar-refractivity contribution in [2.75, 3.05) is 13.2 Å². The number of hydrogen-bond donors (Lipinski definition) is 2. The summed E-state index contributed by atoms with van der Waals surface area (Å²) in [5.74, 6) is 0.521. The predicted molar refractivity (Wildman–Crippen MR) is 74.8 cm³/mol. The Hall–Kier alpha value is -2.21. The van der Waals surface area contributed by atoms with Crippen molar-refractivity contribution in [3.05, 3.63) is 30.2 Å². The number of fused-ring (bicyclic) bond motifs is 1. The van der Waals surface area contributed by atoms with Crippen LogP contribution in [0.3, 0.4) is 0 Å². The Labute approximate surface area is 116 Å². The number of allylic oxidation sites excluding steroid dienone is 1. The SMILES string of the molecule is CC(C)COc1ncnc2[nH]cc(C(=O)C=CCO)c12. The predicted octanol–water partition coefficient (Wildman–Crippen LogP) is 1.72. The number of H-pyrrole nitrogens is 1. The Kier molecular flexibility index (Phi) is 4.47. The lowest BCUT2D eigenvalue weighted by Crippen LogP contribution is -2.07. The van der Waals surface area contributed by atoms with Crippen LogP contribution in [-0.4, -0.2) is 39.1 Å². The second-order valence-electron chi connectivity index (χ2n) is 4.76. The first-order valence-corrected chi connectivity index (χ1v) is 6.40. The zero-order valence-corrected chi connectivity index (χ0v) is 11.5. The Morgan fingerprint density at radius 2 is 2.30 bits per heavy atom. The molecule has 2 aromatic heterocycles. The van der Waals surface area contributed by atoms with Crippen LogP contribution in [0.2, 0.25) is 0 Å². The first-order valence-electron chi connectivity index (χ1n) is 6.40. The van der Waals surface area contributed by atoms with Crippen LogP contribution in [0.25, 0.3) is 11.0 Å². The van der Waals surface area contributed by atoms with E-state index in [-0.39, 0.29) is 12.4 Å². The largest absolute Gasteiger partial charge is 0.477 e. The van der Waals surface area contributed by atoms with E-state index in [4.69, 9.17) is 9.84 Å². The van der Waals surface area contributed by atoms with Crippen molar-refractivity contribution in [3.8, 4) is 5.88 Å². The van der Waals surface area contributed by atoms with Gasteiger partial charge in [0.2, 0.25) is 5.88 Å². The van der Waals surface area contributed by atoms with Crippen molar-refractivity contribution < 1.29 is 14.6 Å². The smallest absolute Gasteiger partial charge is 0.226 e. The van der Waals surface area contributed by atoms with Gasteiger partial charge in [0.05, 0.1) is 24.2 Å². The molecule has 0 bridgehead atoms. The van der Waals surface area contributed by atoms with Crippen molar-refractivity contribution >= 4 is 16.8 Å². The molecule has 6 heteroatoms. The molecule has 6 nitrogen and oxygen atoms in total. The lowest BCUT2D eigenvalue weighted by molar-refractivity contribution is 0.104. The summed E-state index contributed by atoms with van der Waals surface area (Å²) in [6.45, 7) is 4.40. The number of nitrogens with one attached hydrogen (secondary N) is 1. The molecule has 0 radical (unpaired) electrons. The van der Waals surface area contributed by atoms with Gasteiger partial charge in [-0.25, -0.2) is 9.97 Å². The van der Waals surface area contributed by atoms with Gasteiger partial charge >= 0.3 is 0 Å². The molecule has 2 aromatic rings. The molecule has 0 fully saturated rings. The molecule has 0 amide bonds. The van der Waals surface area contributed by atoms with Crippen LogP contribution < -0.4 is 4.74 Å². The fourth-order valence-electron chi connectivity index (χ4n) is 1.73. The Morgan fingerprint density at radius 3 is 3.00 bits per heavy atom. The minimum Gasteiger partial charge on any atom is -0.477 e. The van der Waals surface area contributed by atoms with Crippen LogP contribution in [-0.2, 0) is 0 Å². The minimum atomic E-state index is -0.227. The van der Waals surface area contributed by atoms with Gasteiger partial charge in [0, 0.05) is 6.20 Å². The number of nitrogens with zero attached hydrogens (tertiary/aromatic N) is 2. The highest BCUT2D eigenvalue weighted by molar-refractivity contribution is 6.13. The molecule has 0 spiro atoms. The molecular weight excluding hydrogens is 258 g/mol. The highest BCUT2D eigenvalue weighted by Gasteiger charge is 2.16. The summed E-state index contributed by atoms with van der Waals surface area (Å²) in [6, 6.07) is 0. The Morgan fingerprint density at radius 1 is 1.50 bits per heavy atom. The van der Waals surface area contributed by atoms with Crippen molar-refractivity contribution in [1.82, 2.24) is 15.0 Å². The first kappa shape index (κ1) is 14.2. The third-order valence-corrected chi connectivity index (χ3v) is 2.63. The average Bonchev–Trinajstić information content (AvgIpc) is 2.87. The van der Waals surface area contributed by atoms with Gasteiger partial charge in [0.15, 0.2) is 5.78 Å². The Balaban J connectivity index is 2.41. The number of carbonyl (C=O) groups excluding carboxylic acids is 1. The zero-order valence-electron chi connectivity index (χ0n) is 11.5. The van der Waals surface area contributed by atoms with E-state index in [0.29, 0.717) is 35.0 Å². The quantitative estimate of drug-likeness (QED) is 0.619. The van der Waals surface area contributed by atoms with Crippen molar-refractivity contribution in [2.45, 2.75) is 13.8 Å². The topological polar surface area (TPSA) is 88.1 Å². The van der Waals surface area contributed by atoms with Crippen LogP contribution in [0.1, 0.15) is 24.2 Å². The second-order valence-corrected chi connectivity index (χ2v) is 4.76. The molecule has 0 aliphatic rings. The van der Waals surface area contributed by atoms with Crippen LogP contribution in [0, 0.1) is 5.92 Å². The van der Waals surface area contributed by atoms with Crippen LogP contribution in [0.5, 0.6) is 5.88 Å². The molecule has 0 saturated carbocycles. The maximum absolute atomic E-state index is 12.0. The van der Waals surface area contributed by atoms with E-state index in [0.717, 1.165) is 0 Å². The molecule has 2 heterocycles. The maximum Gasteiger partial charge on any atom is 0.226 e. The van der Waals surface area contributed by atoms with Crippen molar-refractivity contribution in [1.29, 1.82) is 0 Å². The molecule has 0 aliphatic carbocycles. The first-order chi connectivity index (χ1) is 9.63. The zero-order chi connectivity index (χ0) is 14.5. The van der Waals surface area contributed by atoms with Crippen molar-refractivity contribution in [2.24, 2.45) is 5.92 Å². The summed E-state index contributed by atoms with van der Waals surface area (Å²) in [5.41, 5.74) is 0.989. The number of aliphatic hydroxyl groups is 1.